The normalized spacial score (nSPS) is 27.9. The highest BCUT2D eigenvalue weighted by Gasteiger charge is 2.78. The molecule has 408 valence electrons. The van der Waals surface area contributed by atoms with Crippen LogP contribution < -0.4 is 5.32 Å². The van der Waals surface area contributed by atoms with Crippen molar-refractivity contribution in [3.63, 3.8) is 0 Å². The van der Waals surface area contributed by atoms with E-state index in [4.69, 9.17) is 49.5 Å². The third-order valence-electron chi connectivity index (χ3n) is 14.7. The lowest BCUT2D eigenvalue weighted by Crippen LogP contribution is -2.82. The Bertz CT molecular complexity index is 2690. The Morgan fingerprint density at radius 3 is 1.97 bits per heavy atom. The van der Waals surface area contributed by atoms with Crippen LogP contribution in [0.5, 0.6) is 0 Å². The smallest absolute Gasteiger partial charge is 0.464 e. The number of ketones is 1. The van der Waals surface area contributed by atoms with Crippen molar-refractivity contribution in [2.24, 2.45) is 16.7 Å². The van der Waals surface area contributed by atoms with Crippen molar-refractivity contribution in [1.29, 1.82) is 0 Å². The number of halogens is 1. The van der Waals surface area contributed by atoms with Gasteiger partial charge < -0.3 is 53.4 Å². The molecule has 3 aromatic rings. The highest BCUT2D eigenvalue weighted by atomic mass is 35.5. The number of Topliss-reactive ketones (excluding diaryl/α,β-unsaturated/α-hetero) is 1. The molecule has 1 heterocycles. The predicted octanol–water partition coefficient (Wildman–Crippen LogP) is 6.06. The summed E-state index contributed by atoms with van der Waals surface area (Å²) in [5.74, 6) is -7.44. The van der Waals surface area contributed by atoms with E-state index in [1.807, 2.05) is 0 Å². The van der Waals surface area contributed by atoms with Crippen LogP contribution >= 0.6 is 33.2 Å². The van der Waals surface area contributed by atoms with Crippen LogP contribution in [-0.2, 0) is 61.9 Å². The molecule has 22 heteroatoms. The summed E-state index contributed by atoms with van der Waals surface area (Å²) in [6, 6.07) is 22.4. The topological polar surface area (TPSA) is 263 Å². The summed E-state index contributed by atoms with van der Waals surface area (Å²) in [4.78, 5) is 111. The van der Waals surface area contributed by atoms with Crippen molar-refractivity contribution in [1.82, 2.24) is 5.32 Å². The van der Waals surface area contributed by atoms with E-state index in [1.54, 1.807) is 66.7 Å². The molecule has 3 fully saturated rings. The maximum Gasteiger partial charge on any atom is 0.509 e. The zero-order valence-electron chi connectivity index (χ0n) is 42.6. The van der Waals surface area contributed by atoms with E-state index >= 15 is 9.59 Å². The van der Waals surface area contributed by atoms with E-state index < -0.39 is 125 Å². The first kappa shape index (κ1) is 57.7. The molecule has 0 radical (unpaired) electrons. The Hall–Kier alpha value is -5.97. The van der Waals surface area contributed by atoms with Gasteiger partial charge in [0.1, 0.15) is 49.0 Å². The van der Waals surface area contributed by atoms with E-state index in [-0.39, 0.29) is 65.7 Å². The SMILES string of the molecule is CC(=O)O[C@H]1C(=O)[C@@]2(C)C([C@H](OC(=O)c3ccccc3)[C@]3(O)C[C@H](OC(=O)[C@H](OC(=O)OCCSSCCOC(=O)CCl)[C@@H](NC(=O)c4ccccc4)c4ccccc4)C(C)=C1C3(C)C)[C@]1(OC(C)=O)CO[C@@H]1C[C@@H]2O. The van der Waals surface area contributed by atoms with Gasteiger partial charge in [0.25, 0.3) is 5.91 Å². The lowest BCUT2D eigenvalue weighted by atomic mass is 9.44. The van der Waals surface area contributed by atoms with E-state index in [1.165, 1.54) is 73.5 Å². The second-order valence-corrected chi connectivity index (χ2v) is 22.5. The van der Waals surface area contributed by atoms with Crippen LogP contribution in [0.2, 0.25) is 0 Å². The lowest BCUT2D eigenvalue weighted by molar-refractivity contribution is -0.346. The zero-order valence-corrected chi connectivity index (χ0v) is 44.9. The average Bonchev–Trinajstić information content (AvgIpc) is 3.59. The lowest BCUT2D eigenvalue weighted by Gasteiger charge is -2.67. The van der Waals surface area contributed by atoms with Gasteiger partial charge >= 0.3 is 36.0 Å². The van der Waals surface area contributed by atoms with Gasteiger partial charge in [-0.25, -0.2) is 14.4 Å². The van der Waals surface area contributed by atoms with Gasteiger partial charge in [-0.1, -0.05) is 102 Å². The second-order valence-electron chi connectivity index (χ2n) is 19.5. The molecule has 0 spiro atoms. The first-order chi connectivity index (χ1) is 36.1. The number of aliphatic hydroxyl groups excluding tert-OH is 1. The molecule has 3 N–H and O–H groups in total. The number of rotatable bonds is 19. The van der Waals surface area contributed by atoms with Crippen LogP contribution in [0.25, 0.3) is 0 Å². The van der Waals surface area contributed by atoms with Gasteiger partial charge in [0.2, 0.25) is 6.10 Å². The summed E-state index contributed by atoms with van der Waals surface area (Å²) < 4.78 is 47.0. The largest absolute Gasteiger partial charge is 0.509 e. The van der Waals surface area contributed by atoms with Gasteiger partial charge in [-0.15, -0.1) is 11.6 Å². The standard InChI is InChI=1S/C54H60ClNO18S2/c1-30-36(71-49(64)43(72-50(65)68-23-25-76-75-24-22-67-39(60)28-55)41(33-16-10-7-11-17-33)56-47(62)34-18-12-8-13-19-34)27-54(66)46(73-48(63)35-20-14-9-15-21-35)44-52(6,37(59)26-38-53(44,29-69-38)74-32(3)58)45(61)42(70-31(2)57)40(30)51(54,4)5/h7-21,36-38,41-44,46,59,66H,22-29H2,1-6H3,(H,56,62)/t36-,37-,38+,41-,42+,43+,44?,46-,52+,53-,54+/m0/s1. The van der Waals surface area contributed by atoms with Crippen LogP contribution in [0.1, 0.15) is 86.7 Å². The molecule has 7 rings (SSSR count). The molecule has 19 nitrogen and oxygen atoms in total. The van der Waals surface area contributed by atoms with E-state index in [2.05, 4.69) is 5.32 Å². The zero-order chi connectivity index (χ0) is 55.2. The molecule has 0 aromatic heterocycles. The van der Waals surface area contributed by atoms with Gasteiger partial charge in [0.05, 0.1) is 29.6 Å². The van der Waals surface area contributed by atoms with Crippen molar-refractivity contribution in [2.75, 3.05) is 37.2 Å². The number of benzene rings is 3. The number of carbonyl (C=O) groups is 8. The van der Waals surface area contributed by atoms with Crippen molar-refractivity contribution >= 4 is 80.9 Å². The number of esters is 5. The summed E-state index contributed by atoms with van der Waals surface area (Å²) in [5, 5.41) is 29.0. The summed E-state index contributed by atoms with van der Waals surface area (Å²) in [7, 11) is 2.62. The monoisotopic (exact) mass is 1110 g/mol. The number of nitrogens with one attached hydrogen (secondary N) is 1. The van der Waals surface area contributed by atoms with Crippen LogP contribution in [0.3, 0.4) is 0 Å². The van der Waals surface area contributed by atoms with Crippen molar-refractivity contribution in [2.45, 2.75) is 108 Å². The third-order valence-corrected chi connectivity index (χ3v) is 17.2. The molecule has 3 aromatic carbocycles. The summed E-state index contributed by atoms with van der Waals surface area (Å²) in [6.45, 7) is 7.66. The maximum atomic E-state index is 15.8. The number of alkyl halides is 1. The van der Waals surface area contributed by atoms with Gasteiger partial charge in [0.15, 0.2) is 17.5 Å². The molecule has 1 aliphatic heterocycles. The number of amides is 1. The molecule has 11 atom stereocenters. The van der Waals surface area contributed by atoms with Gasteiger partial charge in [-0.3, -0.25) is 24.0 Å². The Morgan fingerprint density at radius 1 is 0.816 bits per heavy atom. The molecule has 76 heavy (non-hydrogen) atoms. The highest BCUT2D eigenvalue weighted by Crippen LogP contribution is 2.64. The summed E-state index contributed by atoms with van der Waals surface area (Å²) in [5.41, 5.74) is -7.69. The van der Waals surface area contributed by atoms with Crippen molar-refractivity contribution < 1.29 is 86.5 Å². The maximum absolute atomic E-state index is 15.8. The Balaban J connectivity index is 1.33. The molecule has 1 unspecified atom stereocenters. The molecule has 2 bridgehead atoms. The molecule has 1 saturated heterocycles. The second kappa shape index (κ2) is 24.1. The first-order valence-electron chi connectivity index (χ1n) is 24.4. The third kappa shape index (κ3) is 11.6. The van der Waals surface area contributed by atoms with Crippen LogP contribution in [0.4, 0.5) is 4.79 Å². The number of fused-ring (bicyclic) bond motifs is 5. The quantitative estimate of drug-likeness (QED) is 0.0308. The fraction of sp³-hybridized carbons (Fsp3) is 0.481. The van der Waals surface area contributed by atoms with Crippen molar-refractivity contribution in [3.05, 3.63) is 119 Å². The number of hydrogen-bond acceptors (Lipinski definition) is 20. The average molecular weight is 1110 g/mol. The molecular weight excluding hydrogens is 1050 g/mol. The summed E-state index contributed by atoms with van der Waals surface area (Å²) in [6.07, 6.45) is -12.4. The molecular formula is C54H60ClNO18S2. The minimum Gasteiger partial charge on any atom is -0.464 e. The Labute approximate surface area is 451 Å². The van der Waals surface area contributed by atoms with Gasteiger partial charge in [-0.05, 0) is 54.8 Å². The summed E-state index contributed by atoms with van der Waals surface area (Å²) >= 11 is 5.47. The van der Waals surface area contributed by atoms with Gasteiger partial charge in [0, 0.05) is 49.2 Å². The minimum atomic E-state index is -2.50. The molecule has 3 aliphatic carbocycles. The fourth-order valence-electron chi connectivity index (χ4n) is 10.9. The molecule has 4 aliphatic rings. The predicted molar refractivity (Wildman–Crippen MR) is 274 cm³/mol. The van der Waals surface area contributed by atoms with Crippen LogP contribution in [0.15, 0.2) is 102 Å². The number of hydrogen-bond donors (Lipinski definition) is 3. The highest BCUT2D eigenvalue weighted by molar-refractivity contribution is 8.76. The number of carbonyl (C=O) groups excluding carboxylic acids is 8. The minimum absolute atomic E-state index is 0.0286. The van der Waals surface area contributed by atoms with Crippen molar-refractivity contribution in [3.8, 4) is 0 Å². The Kier molecular flexibility index (Phi) is 18.3. The Morgan fingerprint density at radius 2 is 1.41 bits per heavy atom. The van der Waals surface area contributed by atoms with E-state index in [0.29, 0.717) is 5.75 Å². The first-order valence-corrected chi connectivity index (χ1v) is 27.4. The van der Waals surface area contributed by atoms with Gasteiger partial charge in [-0.2, -0.15) is 0 Å². The molecule has 2 saturated carbocycles. The van der Waals surface area contributed by atoms with Crippen LogP contribution in [0, 0.1) is 16.7 Å². The number of aliphatic hydroxyl groups is 2. The molecule has 1 amide bonds. The fourth-order valence-corrected chi connectivity index (χ4v) is 12.7. The van der Waals surface area contributed by atoms with E-state index in [9.17, 15) is 39.0 Å². The van der Waals surface area contributed by atoms with Crippen LogP contribution in [-0.4, -0.2) is 143 Å². The van der Waals surface area contributed by atoms with E-state index in [0.717, 1.165) is 13.8 Å². The number of ether oxygens (including phenoxy) is 8.